The van der Waals surface area contributed by atoms with Gasteiger partial charge in [0.1, 0.15) is 10.5 Å². The predicted molar refractivity (Wildman–Crippen MR) is 100 cm³/mol. The monoisotopic (exact) mass is 374 g/mol. The molecule has 0 fully saturated rings. The first kappa shape index (κ1) is 17.6. The zero-order valence-electron chi connectivity index (χ0n) is 13.4. The molecule has 1 atom stereocenters. The molecule has 2 heterocycles. The lowest BCUT2D eigenvalue weighted by Crippen LogP contribution is -2.24. The second-order valence-corrected chi connectivity index (χ2v) is 7.59. The van der Waals surface area contributed by atoms with E-state index in [-0.39, 0.29) is 17.2 Å². The van der Waals surface area contributed by atoms with Crippen molar-refractivity contribution in [1.82, 2.24) is 9.55 Å². The van der Waals surface area contributed by atoms with E-state index in [2.05, 4.69) is 11.6 Å². The fourth-order valence-corrected chi connectivity index (χ4v) is 4.14. The molecular formula is C18H15FN2O2S2. The van der Waals surface area contributed by atoms with Gasteiger partial charge in [0.25, 0.3) is 5.56 Å². The summed E-state index contributed by atoms with van der Waals surface area (Å²) in [6.07, 6.45) is 1.62. The summed E-state index contributed by atoms with van der Waals surface area (Å²) in [5, 5.41) is 1.82. The minimum Gasteiger partial charge on any atom is -0.293 e. The summed E-state index contributed by atoms with van der Waals surface area (Å²) >= 11 is 2.56. The lowest BCUT2D eigenvalue weighted by molar-refractivity contribution is 0.0994. The molecule has 0 spiro atoms. The van der Waals surface area contributed by atoms with E-state index in [0.29, 0.717) is 27.5 Å². The number of ketones is 1. The second kappa shape index (κ2) is 7.33. The van der Waals surface area contributed by atoms with Gasteiger partial charge in [0.15, 0.2) is 10.9 Å². The fourth-order valence-electron chi connectivity index (χ4n) is 2.36. The largest absolute Gasteiger partial charge is 0.293 e. The summed E-state index contributed by atoms with van der Waals surface area (Å²) < 4.78 is 15.1. The number of carbonyl (C=O) groups excluding carboxylic acids is 1. The van der Waals surface area contributed by atoms with Gasteiger partial charge in [-0.3, -0.25) is 14.2 Å². The number of rotatable bonds is 6. The third-order valence-corrected chi connectivity index (χ3v) is 5.60. The van der Waals surface area contributed by atoms with Crippen LogP contribution in [0.15, 0.2) is 58.3 Å². The summed E-state index contributed by atoms with van der Waals surface area (Å²) in [5.74, 6) is -0.531. The van der Waals surface area contributed by atoms with Crippen LogP contribution in [0.2, 0.25) is 0 Å². The van der Waals surface area contributed by atoms with Crippen LogP contribution in [0.1, 0.15) is 17.3 Å². The molecule has 0 aliphatic carbocycles. The van der Waals surface area contributed by atoms with Gasteiger partial charge in [-0.05, 0) is 42.6 Å². The van der Waals surface area contributed by atoms with Crippen molar-refractivity contribution in [2.45, 2.75) is 23.9 Å². The van der Waals surface area contributed by atoms with Gasteiger partial charge in [0.05, 0.1) is 10.8 Å². The van der Waals surface area contributed by atoms with Crippen molar-refractivity contribution in [1.29, 1.82) is 0 Å². The molecule has 7 heteroatoms. The van der Waals surface area contributed by atoms with Crippen molar-refractivity contribution in [3.63, 3.8) is 0 Å². The highest BCUT2D eigenvalue weighted by Gasteiger charge is 2.20. The van der Waals surface area contributed by atoms with Crippen LogP contribution in [-0.4, -0.2) is 20.6 Å². The zero-order valence-corrected chi connectivity index (χ0v) is 15.1. The Labute approximate surface area is 152 Å². The molecule has 0 N–H and O–H groups in total. The summed E-state index contributed by atoms with van der Waals surface area (Å²) in [6.45, 7) is 5.75. The Kier molecular flexibility index (Phi) is 5.15. The fraction of sp³-hybridized carbons (Fsp3) is 0.167. The number of benzene rings is 1. The molecule has 0 saturated carbocycles. The Balaban J connectivity index is 1.94. The van der Waals surface area contributed by atoms with Crippen molar-refractivity contribution >= 4 is 39.1 Å². The second-order valence-electron chi connectivity index (χ2n) is 5.36. The van der Waals surface area contributed by atoms with Crippen molar-refractivity contribution in [2.24, 2.45) is 0 Å². The molecule has 3 rings (SSSR count). The zero-order chi connectivity index (χ0) is 18.0. The van der Waals surface area contributed by atoms with Gasteiger partial charge in [-0.25, -0.2) is 9.37 Å². The Morgan fingerprint density at radius 3 is 2.80 bits per heavy atom. The molecule has 4 nitrogen and oxygen atoms in total. The highest BCUT2D eigenvalue weighted by atomic mass is 32.2. The molecule has 25 heavy (non-hydrogen) atoms. The molecular weight excluding hydrogens is 359 g/mol. The van der Waals surface area contributed by atoms with E-state index in [1.54, 1.807) is 19.1 Å². The minimum absolute atomic E-state index is 0.135. The number of hydrogen-bond acceptors (Lipinski definition) is 5. The molecule has 1 unspecified atom stereocenters. The quantitative estimate of drug-likeness (QED) is 0.282. The molecule has 3 aromatic rings. The molecule has 0 bridgehead atoms. The van der Waals surface area contributed by atoms with E-state index in [0.717, 1.165) is 0 Å². The average molecular weight is 374 g/mol. The third kappa shape index (κ3) is 3.57. The van der Waals surface area contributed by atoms with Crippen molar-refractivity contribution in [3.05, 3.63) is 70.1 Å². The van der Waals surface area contributed by atoms with Gasteiger partial charge in [-0.1, -0.05) is 17.8 Å². The maximum atomic E-state index is 13.0. The first-order valence-corrected chi connectivity index (χ1v) is 9.32. The van der Waals surface area contributed by atoms with E-state index < -0.39 is 5.25 Å². The lowest BCUT2D eigenvalue weighted by Gasteiger charge is -2.14. The predicted octanol–water partition coefficient (Wildman–Crippen LogP) is 4.15. The van der Waals surface area contributed by atoms with Crippen LogP contribution in [0.25, 0.3) is 10.2 Å². The van der Waals surface area contributed by atoms with Gasteiger partial charge in [0, 0.05) is 12.1 Å². The first-order chi connectivity index (χ1) is 12.0. The van der Waals surface area contributed by atoms with Crippen molar-refractivity contribution < 1.29 is 9.18 Å². The van der Waals surface area contributed by atoms with Crippen LogP contribution in [0.5, 0.6) is 0 Å². The summed E-state index contributed by atoms with van der Waals surface area (Å²) in [7, 11) is 0. The highest BCUT2D eigenvalue weighted by molar-refractivity contribution is 8.00. The molecule has 0 amide bonds. The molecule has 0 aliphatic rings. The standard InChI is InChI=1S/C18H15FN2O2S2/c1-3-9-21-17(23)16-14(8-10-24-16)20-18(21)25-11(2)15(22)12-4-6-13(19)7-5-12/h3-8,10-11H,1,9H2,2H3. The SMILES string of the molecule is C=CCn1c(SC(C)C(=O)c2ccc(F)cc2)nc2ccsc2c1=O. The number of carbonyl (C=O) groups is 1. The number of thiophene rings is 1. The number of Topliss-reactive ketones (excluding diaryl/α,β-unsaturated/α-hetero) is 1. The van der Waals surface area contributed by atoms with Gasteiger partial charge < -0.3 is 0 Å². The summed E-state index contributed by atoms with van der Waals surface area (Å²) in [6, 6.07) is 7.22. The Hall–Kier alpha value is -2.25. The van der Waals surface area contributed by atoms with Crippen LogP contribution in [0, 0.1) is 5.82 Å². The maximum Gasteiger partial charge on any atom is 0.272 e. The summed E-state index contributed by atoms with van der Waals surface area (Å²) in [4.78, 5) is 29.7. The van der Waals surface area contributed by atoms with Crippen LogP contribution in [0.4, 0.5) is 4.39 Å². The Morgan fingerprint density at radius 1 is 1.40 bits per heavy atom. The number of fused-ring (bicyclic) bond motifs is 1. The number of allylic oxidation sites excluding steroid dienone is 1. The van der Waals surface area contributed by atoms with Crippen LogP contribution >= 0.6 is 23.1 Å². The molecule has 2 aromatic heterocycles. The summed E-state index contributed by atoms with van der Waals surface area (Å²) in [5.41, 5.74) is 0.915. The molecule has 0 saturated heterocycles. The topological polar surface area (TPSA) is 52.0 Å². The molecule has 0 aliphatic heterocycles. The molecule has 0 radical (unpaired) electrons. The van der Waals surface area contributed by atoms with Gasteiger partial charge in [-0.15, -0.1) is 17.9 Å². The normalized spacial score (nSPS) is 12.2. The molecule has 1 aromatic carbocycles. The Morgan fingerprint density at radius 2 is 2.12 bits per heavy atom. The molecule has 128 valence electrons. The smallest absolute Gasteiger partial charge is 0.272 e. The van der Waals surface area contributed by atoms with Crippen LogP contribution < -0.4 is 5.56 Å². The minimum atomic E-state index is -0.468. The van der Waals surface area contributed by atoms with Gasteiger partial charge >= 0.3 is 0 Å². The van der Waals surface area contributed by atoms with Gasteiger partial charge in [-0.2, -0.15) is 0 Å². The number of aromatic nitrogens is 2. The van der Waals surface area contributed by atoms with Gasteiger partial charge in [0.2, 0.25) is 0 Å². The Bertz CT molecular complexity index is 992. The average Bonchev–Trinajstić information content (AvgIpc) is 3.07. The maximum absolute atomic E-state index is 13.0. The van der Waals surface area contributed by atoms with Crippen molar-refractivity contribution in [3.8, 4) is 0 Å². The van der Waals surface area contributed by atoms with E-state index >= 15 is 0 Å². The highest BCUT2D eigenvalue weighted by Crippen LogP contribution is 2.26. The van der Waals surface area contributed by atoms with E-state index in [4.69, 9.17) is 0 Å². The number of hydrogen-bond donors (Lipinski definition) is 0. The van der Waals surface area contributed by atoms with E-state index in [1.807, 2.05) is 5.38 Å². The van der Waals surface area contributed by atoms with Crippen LogP contribution in [-0.2, 0) is 6.54 Å². The van der Waals surface area contributed by atoms with E-state index in [9.17, 15) is 14.0 Å². The van der Waals surface area contributed by atoms with Crippen LogP contribution in [0.3, 0.4) is 0 Å². The first-order valence-electron chi connectivity index (χ1n) is 7.56. The van der Waals surface area contributed by atoms with E-state index in [1.165, 1.54) is 51.9 Å². The third-order valence-electron chi connectivity index (χ3n) is 3.62. The van der Waals surface area contributed by atoms with Crippen molar-refractivity contribution in [2.75, 3.05) is 0 Å². The number of nitrogens with zero attached hydrogens (tertiary/aromatic N) is 2. The number of halogens is 1. The lowest BCUT2D eigenvalue weighted by atomic mass is 10.1. The number of thioether (sulfide) groups is 1.